The SMILES string of the molecule is O=C(O)c1cc(NS(=O)(=O)c2ccccc2)ccc1O. The Hall–Kier alpha value is -2.54. The molecule has 7 heteroatoms. The maximum absolute atomic E-state index is 12.0. The molecule has 3 N–H and O–H groups in total. The fourth-order valence-corrected chi connectivity index (χ4v) is 2.66. The number of phenols is 1. The van der Waals surface area contributed by atoms with Gasteiger partial charge in [0, 0.05) is 5.69 Å². The van der Waals surface area contributed by atoms with E-state index in [9.17, 15) is 18.3 Å². The minimum Gasteiger partial charge on any atom is -0.507 e. The van der Waals surface area contributed by atoms with Crippen LogP contribution in [0.3, 0.4) is 0 Å². The average molecular weight is 293 g/mol. The number of sulfonamides is 1. The van der Waals surface area contributed by atoms with Crippen LogP contribution in [0.2, 0.25) is 0 Å². The average Bonchev–Trinajstić information content (AvgIpc) is 2.41. The molecule has 2 rings (SSSR count). The Kier molecular flexibility index (Phi) is 3.62. The second kappa shape index (κ2) is 5.22. The quantitative estimate of drug-likeness (QED) is 0.747. The molecule has 0 aliphatic carbocycles. The van der Waals surface area contributed by atoms with E-state index in [2.05, 4.69) is 4.72 Å². The van der Waals surface area contributed by atoms with Crippen molar-refractivity contribution in [3.63, 3.8) is 0 Å². The molecule has 0 aliphatic rings. The Bertz CT molecular complexity index is 741. The van der Waals surface area contributed by atoms with Crippen molar-refractivity contribution >= 4 is 21.7 Å². The summed E-state index contributed by atoms with van der Waals surface area (Å²) in [5.74, 6) is -1.77. The molecule has 0 amide bonds. The molecule has 0 aromatic heterocycles. The van der Waals surface area contributed by atoms with Crippen molar-refractivity contribution in [3.8, 4) is 5.75 Å². The number of benzene rings is 2. The van der Waals surface area contributed by atoms with Gasteiger partial charge in [0.2, 0.25) is 0 Å². The normalized spacial score (nSPS) is 11.0. The molecule has 0 aliphatic heterocycles. The molecule has 0 atom stereocenters. The first kappa shape index (κ1) is 13.9. The van der Waals surface area contributed by atoms with Gasteiger partial charge in [-0.15, -0.1) is 0 Å². The summed E-state index contributed by atoms with van der Waals surface area (Å²) in [5, 5.41) is 18.2. The lowest BCUT2D eigenvalue weighted by Gasteiger charge is -2.09. The fourth-order valence-electron chi connectivity index (χ4n) is 1.58. The molecule has 104 valence electrons. The van der Waals surface area contributed by atoms with Crippen molar-refractivity contribution < 1.29 is 23.4 Å². The van der Waals surface area contributed by atoms with Gasteiger partial charge in [-0.2, -0.15) is 0 Å². The lowest BCUT2D eigenvalue weighted by molar-refractivity contribution is 0.0694. The molecule has 20 heavy (non-hydrogen) atoms. The van der Waals surface area contributed by atoms with E-state index in [4.69, 9.17) is 5.11 Å². The molecule has 2 aromatic rings. The number of carbonyl (C=O) groups is 1. The highest BCUT2D eigenvalue weighted by atomic mass is 32.2. The van der Waals surface area contributed by atoms with E-state index in [1.807, 2.05) is 0 Å². The van der Waals surface area contributed by atoms with Crippen LogP contribution < -0.4 is 4.72 Å². The molecule has 0 saturated heterocycles. The predicted molar refractivity (Wildman–Crippen MR) is 72.3 cm³/mol. The van der Waals surface area contributed by atoms with Gasteiger partial charge >= 0.3 is 5.97 Å². The monoisotopic (exact) mass is 293 g/mol. The topological polar surface area (TPSA) is 104 Å². The highest BCUT2D eigenvalue weighted by Gasteiger charge is 2.16. The highest BCUT2D eigenvalue weighted by molar-refractivity contribution is 7.92. The van der Waals surface area contributed by atoms with E-state index in [-0.39, 0.29) is 16.1 Å². The third-order valence-electron chi connectivity index (χ3n) is 2.53. The van der Waals surface area contributed by atoms with Crippen LogP contribution >= 0.6 is 0 Å². The molecule has 6 nitrogen and oxygen atoms in total. The molecule has 0 bridgehead atoms. The van der Waals surface area contributed by atoms with Gasteiger partial charge in [0.15, 0.2) is 0 Å². The Morgan fingerprint density at radius 3 is 2.30 bits per heavy atom. The van der Waals surface area contributed by atoms with Crippen molar-refractivity contribution in [2.45, 2.75) is 4.90 Å². The first-order valence-corrected chi connectivity index (χ1v) is 7.02. The largest absolute Gasteiger partial charge is 0.507 e. The lowest BCUT2D eigenvalue weighted by atomic mass is 10.2. The summed E-state index contributed by atoms with van der Waals surface area (Å²) in [6.45, 7) is 0. The maximum atomic E-state index is 12.0. The van der Waals surface area contributed by atoms with E-state index < -0.39 is 21.7 Å². The number of aromatic hydroxyl groups is 1. The summed E-state index contributed by atoms with van der Waals surface area (Å²) in [5.41, 5.74) is -0.317. The van der Waals surface area contributed by atoms with Gasteiger partial charge < -0.3 is 10.2 Å². The summed E-state index contributed by atoms with van der Waals surface area (Å²) in [7, 11) is -3.79. The number of aromatic carboxylic acids is 1. The Balaban J connectivity index is 2.36. The first-order chi connectivity index (χ1) is 9.40. The van der Waals surface area contributed by atoms with Crippen molar-refractivity contribution in [1.29, 1.82) is 0 Å². The van der Waals surface area contributed by atoms with E-state index in [0.29, 0.717) is 0 Å². The molecular weight excluding hydrogens is 282 g/mol. The zero-order chi connectivity index (χ0) is 14.8. The van der Waals surface area contributed by atoms with Crippen LogP contribution in [0.1, 0.15) is 10.4 Å². The summed E-state index contributed by atoms with van der Waals surface area (Å²) in [6, 6.07) is 11.1. The summed E-state index contributed by atoms with van der Waals surface area (Å²) in [4.78, 5) is 10.9. The molecule has 0 unspecified atom stereocenters. The molecule has 2 aromatic carbocycles. The summed E-state index contributed by atoms with van der Waals surface area (Å²) in [6.07, 6.45) is 0. The third-order valence-corrected chi connectivity index (χ3v) is 3.93. The van der Waals surface area contributed by atoms with Crippen molar-refractivity contribution in [2.75, 3.05) is 4.72 Å². The lowest BCUT2D eigenvalue weighted by Crippen LogP contribution is -2.13. The third kappa shape index (κ3) is 2.89. The first-order valence-electron chi connectivity index (χ1n) is 5.54. The van der Waals surface area contributed by atoms with E-state index in [1.165, 1.54) is 18.2 Å². The van der Waals surface area contributed by atoms with Gasteiger partial charge in [0.05, 0.1) is 4.90 Å². The molecule has 0 saturated carbocycles. The maximum Gasteiger partial charge on any atom is 0.339 e. The number of hydrogen-bond donors (Lipinski definition) is 3. The number of carboxylic acid groups (broad SMARTS) is 1. The Morgan fingerprint density at radius 1 is 1.05 bits per heavy atom. The molecule has 0 fully saturated rings. The van der Waals surface area contributed by atoms with E-state index in [0.717, 1.165) is 12.1 Å². The zero-order valence-corrected chi connectivity index (χ0v) is 11.0. The summed E-state index contributed by atoms with van der Waals surface area (Å²) >= 11 is 0. The van der Waals surface area contributed by atoms with Gasteiger partial charge in [-0.05, 0) is 30.3 Å². The smallest absolute Gasteiger partial charge is 0.339 e. The minimum absolute atomic E-state index is 0.0593. The van der Waals surface area contributed by atoms with Crippen LogP contribution in [0.5, 0.6) is 5.75 Å². The van der Waals surface area contributed by atoms with Gasteiger partial charge in [0.25, 0.3) is 10.0 Å². The minimum atomic E-state index is -3.79. The number of rotatable bonds is 4. The molecule has 0 heterocycles. The Morgan fingerprint density at radius 2 is 1.70 bits per heavy atom. The number of hydrogen-bond acceptors (Lipinski definition) is 4. The second-order valence-electron chi connectivity index (χ2n) is 3.96. The van der Waals surface area contributed by atoms with Crippen LogP contribution in [-0.2, 0) is 10.0 Å². The number of anilines is 1. The van der Waals surface area contributed by atoms with Gasteiger partial charge in [-0.3, -0.25) is 4.72 Å². The van der Waals surface area contributed by atoms with Crippen LogP contribution in [0.25, 0.3) is 0 Å². The van der Waals surface area contributed by atoms with E-state index >= 15 is 0 Å². The zero-order valence-electron chi connectivity index (χ0n) is 10.1. The Labute approximate surface area is 115 Å². The fraction of sp³-hybridized carbons (Fsp3) is 0. The van der Waals surface area contributed by atoms with Gasteiger partial charge in [-0.25, -0.2) is 13.2 Å². The highest BCUT2D eigenvalue weighted by Crippen LogP contribution is 2.23. The van der Waals surface area contributed by atoms with Gasteiger partial charge in [0.1, 0.15) is 11.3 Å². The standard InChI is InChI=1S/C13H11NO5S/c15-12-7-6-9(8-11(12)13(16)17)14-20(18,19)10-4-2-1-3-5-10/h1-8,14-15H,(H,16,17). The van der Waals surface area contributed by atoms with Crippen LogP contribution in [0.4, 0.5) is 5.69 Å². The van der Waals surface area contributed by atoms with E-state index in [1.54, 1.807) is 18.2 Å². The van der Waals surface area contributed by atoms with Crippen LogP contribution in [0, 0.1) is 0 Å². The summed E-state index contributed by atoms with van der Waals surface area (Å²) < 4.78 is 26.3. The van der Waals surface area contributed by atoms with Crippen molar-refractivity contribution in [2.24, 2.45) is 0 Å². The van der Waals surface area contributed by atoms with Crippen LogP contribution in [0.15, 0.2) is 53.4 Å². The molecular formula is C13H11NO5S. The number of carboxylic acids is 1. The van der Waals surface area contributed by atoms with Gasteiger partial charge in [-0.1, -0.05) is 18.2 Å². The second-order valence-corrected chi connectivity index (χ2v) is 5.64. The van der Waals surface area contributed by atoms with Crippen LogP contribution in [-0.4, -0.2) is 24.6 Å². The predicted octanol–water partition coefficient (Wildman–Crippen LogP) is 1.89. The molecule has 0 spiro atoms. The van der Waals surface area contributed by atoms with Crippen molar-refractivity contribution in [1.82, 2.24) is 0 Å². The number of nitrogens with one attached hydrogen (secondary N) is 1. The van der Waals surface area contributed by atoms with Crippen molar-refractivity contribution in [3.05, 3.63) is 54.1 Å². The molecule has 0 radical (unpaired) electrons.